The van der Waals surface area contributed by atoms with Crippen molar-refractivity contribution in [1.29, 1.82) is 0 Å². The second-order valence-corrected chi connectivity index (χ2v) is 3.61. The van der Waals surface area contributed by atoms with Gasteiger partial charge in [0.1, 0.15) is 18.1 Å². The zero-order chi connectivity index (χ0) is 12.1. The van der Waals surface area contributed by atoms with E-state index in [0.29, 0.717) is 5.75 Å². The van der Waals surface area contributed by atoms with E-state index in [9.17, 15) is 5.11 Å². The molecule has 0 aromatic heterocycles. The van der Waals surface area contributed by atoms with E-state index in [1.807, 2.05) is 36.4 Å². The third-order valence-corrected chi connectivity index (χ3v) is 2.43. The summed E-state index contributed by atoms with van der Waals surface area (Å²) < 4.78 is 5.26. The Kier molecular flexibility index (Phi) is 3.62. The fourth-order valence-corrected chi connectivity index (χ4v) is 1.61. The van der Waals surface area contributed by atoms with Crippen LogP contribution in [0.3, 0.4) is 0 Å². The second-order valence-electron chi connectivity index (χ2n) is 3.61. The van der Waals surface area contributed by atoms with Crippen molar-refractivity contribution in [1.82, 2.24) is 0 Å². The van der Waals surface area contributed by atoms with Crippen molar-refractivity contribution in [2.24, 2.45) is 0 Å². The first kappa shape index (κ1) is 11.5. The minimum atomic E-state index is 0.00122. The third-order valence-electron chi connectivity index (χ3n) is 2.43. The molecule has 0 saturated heterocycles. The molecule has 0 unspecified atom stereocenters. The fraction of sp³-hybridized carbons (Fsp3) is 0.143. The minimum absolute atomic E-state index is 0.00122. The Bertz CT molecular complexity index is 477. The highest BCUT2D eigenvalue weighted by atomic mass is 16.5. The second kappa shape index (κ2) is 5.37. The van der Waals surface area contributed by atoms with Gasteiger partial charge in [0.15, 0.2) is 0 Å². The summed E-state index contributed by atoms with van der Waals surface area (Å²) in [6, 6.07) is 14.6. The molecular formula is C14H14O3. The van der Waals surface area contributed by atoms with Crippen LogP contribution in [0.5, 0.6) is 11.5 Å². The molecule has 0 amide bonds. The Balaban J connectivity index is 2.21. The molecule has 88 valence electrons. The minimum Gasteiger partial charge on any atom is -0.507 e. The van der Waals surface area contributed by atoms with E-state index in [-0.39, 0.29) is 19.0 Å². The summed E-state index contributed by atoms with van der Waals surface area (Å²) in [7, 11) is 0. The van der Waals surface area contributed by atoms with Crippen molar-refractivity contribution in [3.05, 3.63) is 48.5 Å². The molecule has 0 radical (unpaired) electrons. The first-order valence-corrected chi connectivity index (χ1v) is 5.43. The smallest absolute Gasteiger partial charge is 0.123 e. The number of ether oxygens (including phenoxy) is 1. The molecule has 2 N–H and O–H groups in total. The summed E-state index contributed by atoms with van der Waals surface area (Å²) in [6.07, 6.45) is 0. The molecule has 0 spiro atoms. The van der Waals surface area contributed by atoms with E-state index in [1.54, 1.807) is 12.1 Å². The van der Waals surface area contributed by atoms with Gasteiger partial charge in [-0.1, -0.05) is 30.3 Å². The highest BCUT2D eigenvalue weighted by Crippen LogP contribution is 2.29. The molecule has 0 aliphatic carbocycles. The Morgan fingerprint density at radius 1 is 0.941 bits per heavy atom. The van der Waals surface area contributed by atoms with E-state index in [2.05, 4.69) is 0 Å². The van der Waals surface area contributed by atoms with Crippen LogP contribution in [0.2, 0.25) is 0 Å². The van der Waals surface area contributed by atoms with Gasteiger partial charge in [0.2, 0.25) is 0 Å². The van der Waals surface area contributed by atoms with Crippen molar-refractivity contribution < 1.29 is 14.9 Å². The van der Waals surface area contributed by atoms with Crippen LogP contribution < -0.4 is 4.74 Å². The average Bonchev–Trinajstić information content (AvgIpc) is 2.38. The molecule has 17 heavy (non-hydrogen) atoms. The van der Waals surface area contributed by atoms with Gasteiger partial charge in [-0.15, -0.1) is 0 Å². The van der Waals surface area contributed by atoms with E-state index in [1.165, 1.54) is 0 Å². The van der Waals surface area contributed by atoms with Gasteiger partial charge in [-0.25, -0.2) is 0 Å². The predicted molar refractivity (Wildman–Crippen MR) is 66.1 cm³/mol. The van der Waals surface area contributed by atoms with Crippen molar-refractivity contribution in [2.75, 3.05) is 13.2 Å². The average molecular weight is 230 g/mol. The lowest BCUT2D eigenvalue weighted by atomic mass is 10.0. The number of rotatable bonds is 4. The topological polar surface area (TPSA) is 49.7 Å². The summed E-state index contributed by atoms with van der Waals surface area (Å²) in [4.78, 5) is 0. The Hall–Kier alpha value is -2.00. The molecule has 2 rings (SSSR count). The van der Waals surface area contributed by atoms with E-state index >= 15 is 0 Å². The summed E-state index contributed by atoms with van der Waals surface area (Å²) in [5, 5.41) is 18.3. The molecule has 0 fully saturated rings. The number of aliphatic hydroxyl groups is 1. The van der Waals surface area contributed by atoms with Crippen molar-refractivity contribution in [2.45, 2.75) is 0 Å². The number of aliphatic hydroxyl groups excluding tert-OH is 1. The normalized spacial score (nSPS) is 10.2. The van der Waals surface area contributed by atoms with Gasteiger partial charge in [0.05, 0.1) is 6.61 Å². The third kappa shape index (κ3) is 2.77. The maximum Gasteiger partial charge on any atom is 0.123 e. The lowest BCUT2D eigenvalue weighted by Gasteiger charge is -2.07. The van der Waals surface area contributed by atoms with Gasteiger partial charge < -0.3 is 14.9 Å². The number of phenols is 1. The number of aromatic hydroxyl groups is 1. The zero-order valence-electron chi connectivity index (χ0n) is 9.34. The monoisotopic (exact) mass is 230 g/mol. The Labute approximate surface area is 99.9 Å². The molecule has 0 atom stereocenters. The van der Waals surface area contributed by atoms with Gasteiger partial charge in [-0.2, -0.15) is 0 Å². The van der Waals surface area contributed by atoms with Crippen molar-refractivity contribution >= 4 is 0 Å². The Morgan fingerprint density at radius 2 is 1.65 bits per heavy atom. The van der Waals surface area contributed by atoms with Gasteiger partial charge >= 0.3 is 0 Å². The fourth-order valence-electron chi connectivity index (χ4n) is 1.61. The highest BCUT2D eigenvalue weighted by molar-refractivity contribution is 5.70. The largest absolute Gasteiger partial charge is 0.507 e. The molecule has 3 heteroatoms. The Morgan fingerprint density at radius 3 is 2.29 bits per heavy atom. The van der Waals surface area contributed by atoms with E-state index in [0.717, 1.165) is 11.1 Å². The predicted octanol–water partition coefficient (Wildman–Crippen LogP) is 2.43. The highest BCUT2D eigenvalue weighted by Gasteiger charge is 2.02. The van der Waals surface area contributed by atoms with E-state index in [4.69, 9.17) is 9.84 Å². The molecular weight excluding hydrogens is 216 g/mol. The summed E-state index contributed by atoms with van der Waals surface area (Å²) >= 11 is 0. The van der Waals surface area contributed by atoms with E-state index < -0.39 is 0 Å². The van der Waals surface area contributed by atoms with Gasteiger partial charge in [-0.3, -0.25) is 0 Å². The van der Waals surface area contributed by atoms with Crippen LogP contribution in [0.1, 0.15) is 0 Å². The van der Waals surface area contributed by atoms with Gasteiger partial charge in [0, 0.05) is 5.56 Å². The molecule has 0 heterocycles. The van der Waals surface area contributed by atoms with Crippen molar-refractivity contribution in [3.8, 4) is 22.6 Å². The summed E-state index contributed by atoms with van der Waals surface area (Å²) in [5.41, 5.74) is 1.72. The van der Waals surface area contributed by atoms with Crippen LogP contribution in [0, 0.1) is 0 Å². The number of phenolic OH excluding ortho intramolecular Hbond substituents is 1. The maximum atomic E-state index is 9.71. The van der Waals surface area contributed by atoms with Crippen LogP contribution in [0.15, 0.2) is 48.5 Å². The van der Waals surface area contributed by atoms with Crippen LogP contribution in [0.4, 0.5) is 0 Å². The number of benzene rings is 2. The molecule has 3 nitrogen and oxygen atoms in total. The lowest BCUT2D eigenvalue weighted by molar-refractivity contribution is 0.201. The van der Waals surface area contributed by atoms with Gasteiger partial charge in [0.25, 0.3) is 0 Å². The number of hydrogen-bond acceptors (Lipinski definition) is 3. The number of hydrogen-bond donors (Lipinski definition) is 2. The SMILES string of the molecule is OCCOc1ccc(-c2ccccc2O)cc1. The first-order chi connectivity index (χ1) is 8.31. The van der Waals surface area contributed by atoms with Gasteiger partial charge in [-0.05, 0) is 23.8 Å². The molecule has 0 bridgehead atoms. The van der Waals surface area contributed by atoms with Crippen LogP contribution in [-0.2, 0) is 0 Å². The first-order valence-electron chi connectivity index (χ1n) is 5.43. The van der Waals surface area contributed by atoms with Crippen LogP contribution in [0.25, 0.3) is 11.1 Å². The molecule has 2 aromatic rings. The lowest BCUT2D eigenvalue weighted by Crippen LogP contribution is -2.01. The zero-order valence-corrected chi connectivity index (χ0v) is 9.34. The van der Waals surface area contributed by atoms with Crippen LogP contribution >= 0.6 is 0 Å². The van der Waals surface area contributed by atoms with Crippen molar-refractivity contribution in [3.63, 3.8) is 0 Å². The maximum absolute atomic E-state index is 9.71. The molecule has 0 aliphatic rings. The standard InChI is InChI=1S/C14H14O3/c15-9-10-17-12-7-5-11(6-8-12)13-3-1-2-4-14(13)16/h1-8,15-16H,9-10H2. The molecule has 0 saturated carbocycles. The molecule has 2 aromatic carbocycles. The number of para-hydroxylation sites is 1. The molecule has 0 aliphatic heterocycles. The summed E-state index contributed by atoms with van der Waals surface area (Å²) in [5.74, 6) is 0.967. The van der Waals surface area contributed by atoms with Crippen LogP contribution in [-0.4, -0.2) is 23.4 Å². The summed E-state index contributed by atoms with van der Waals surface area (Å²) in [6.45, 7) is 0.289. The quantitative estimate of drug-likeness (QED) is 0.848.